The number of piperazine rings is 1. The predicted octanol–water partition coefficient (Wildman–Crippen LogP) is 2.23. The molecule has 4 heteroatoms. The number of hydrogen-bond acceptors (Lipinski definition) is 4. The average molecular weight is 285 g/mol. The van der Waals surface area contributed by atoms with E-state index in [9.17, 15) is 0 Å². The van der Waals surface area contributed by atoms with Crippen LogP contribution in [0.1, 0.15) is 23.1 Å². The second-order valence-corrected chi connectivity index (χ2v) is 5.73. The molecule has 0 bridgehead atoms. The van der Waals surface area contributed by atoms with E-state index in [1.165, 1.54) is 5.56 Å². The quantitative estimate of drug-likeness (QED) is 0.935. The van der Waals surface area contributed by atoms with E-state index in [-0.39, 0.29) is 0 Å². The minimum atomic E-state index is 0.413. The molecular weight excluding hydrogens is 262 g/mol. The van der Waals surface area contributed by atoms with Crippen LogP contribution in [0.3, 0.4) is 0 Å². The van der Waals surface area contributed by atoms with Gasteiger partial charge in [0.05, 0.1) is 13.1 Å². The highest BCUT2D eigenvalue weighted by molar-refractivity contribution is 5.20. The van der Waals surface area contributed by atoms with Gasteiger partial charge in [-0.25, -0.2) is 0 Å². The van der Waals surface area contributed by atoms with Crippen molar-refractivity contribution in [3.8, 4) is 0 Å². The summed E-state index contributed by atoms with van der Waals surface area (Å²) in [6, 6.07) is 15.2. The summed E-state index contributed by atoms with van der Waals surface area (Å²) in [7, 11) is 2.19. The van der Waals surface area contributed by atoms with Crippen molar-refractivity contribution in [2.24, 2.45) is 5.73 Å². The van der Waals surface area contributed by atoms with E-state index in [1.807, 2.05) is 12.1 Å². The Kier molecular flexibility index (Phi) is 4.39. The summed E-state index contributed by atoms with van der Waals surface area (Å²) in [5, 5.41) is 0. The lowest BCUT2D eigenvalue weighted by Gasteiger charge is -2.40. The second-order valence-electron chi connectivity index (χ2n) is 5.73. The molecule has 0 aliphatic carbocycles. The van der Waals surface area contributed by atoms with Gasteiger partial charge >= 0.3 is 0 Å². The van der Waals surface area contributed by atoms with E-state index in [1.54, 1.807) is 0 Å². The van der Waals surface area contributed by atoms with Gasteiger partial charge in [-0.05, 0) is 24.7 Å². The monoisotopic (exact) mass is 285 g/mol. The average Bonchev–Trinajstić information content (AvgIpc) is 2.98. The molecule has 1 aromatic heterocycles. The van der Waals surface area contributed by atoms with Crippen molar-refractivity contribution in [3.05, 3.63) is 59.5 Å². The maximum Gasteiger partial charge on any atom is 0.118 e. The molecule has 1 aliphatic rings. The van der Waals surface area contributed by atoms with E-state index < -0.39 is 0 Å². The van der Waals surface area contributed by atoms with Gasteiger partial charge < -0.3 is 15.1 Å². The van der Waals surface area contributed by atoms with Gasteiger partial charge in [0.25, 0.3) is 0 Å². The Morgan fingerprint density at radius 1 is 1.10 bits per heavy atom. The highest BCUT2D eigenvalue weighted by Crippen LogP contribution is 2.26. The lowest BCUT2D eigenvalue weighted by molar-refractivity contribution is 0.0769. The summed E-state index contributed by atoms with van der Waals surface area (Å²) in [6.45, 7) is 4.50. The van der Waals surface area contributed by atoms with Crippen LogP contribution in [0, 0.1) is 0 Å². The molecule has 3 rings (SSSR count). The summed E-state index contributed by atoms with van der Waals surface area (Å²) in [4.78, 5) is 4.88. The summed E-state index contributed by atoms with van der Waals surface area (Å²) in [5.41, 5.74) is 6.99. The van der Waals surface area contributed by atoms with E-state index in [0.29, 0.717) is 12.6 Å². The number of nitrogens with two attached hydrogens (primary N) is 1. The van der Waals surface area contributed by atoms with Gasteiger partial charge in [0, 0.05) is 25.7 Å². The SMILES string of the molecule is CN1CCN(Cc2ccc(CN)o2)C(c2ccccc2)C1. The molecule has 1 aliphatic heterocycles. The second kappa shape index (κ2) is 6.43. The molecule has 0 saturated carbocycles. The van der Waals surface area contributed by atoms with Crippen LogP contribution >= 0.6 is 0 Å². The van der Waals surface area contributed by atoms with Gasteiger partial charge in [0.15, 0.2) is 0 Å². The first kappa shape index (κ1) is 14.3. The minimum absolute atomic E-state index is 0.413. The highest BCUT2D eigenvalue weighted by atomic mass is 16.3. The summed E-state index contributed by atoms with van der Waals surface area (Å²) in [5.74, 6) is 1.86. The van der Waals surface area contributed by atoms with Crippen molar-refractivity contribution < 1.29 is 4.42 Å². The zero-order valence-corrected chi connectivity index (χ0v) is 12.5. The maximum atomic E-state index is 5.77. The molecule has 0 radical (unpaired) electrons. The van der Waals surface area contributed by atoms with Crippen LogP contribution < -0.4 is 5.73 Å². The first-order chi connectivity index (χ1) is 10.3. The molecule has 2 aromatic rings. The fourth-order valence-electron chi connectivity index (χ4n) is 2.95. The third-order valence-electron chi connectivity index (χ3n) is 4.16. The van der Waals surface area contributed by atoms with E-state index in [0.717, 1.165) is 37.7 Å². The van der Waals surface area contributed by atoms with E-state index >= 15 is 0 Å². The topological polar surface area (TPSA) is 45.6 Å². The van der Waals surface area contributed by atoms with Crippen LogP contribution in [-0.2, 0) is 13.1 Å². The Bertz CT molecular complexity index is 566. The number of benzene rings is 1. The smallest absolute Gasteiger partial charge is 0.118 e. The van der Waals surface area contributed by atoms with Crippen molar-refractivity contribution in [1.82, 2.24) is 9.80 Å². The lowest BCUT2D eigenvalue weighted by Crippen LogP contribution is -2.46. The summed E-state index contributed by atoms with van der Waals surface area (Å²) in [6.07, 6.45) is 0. The third kappa shape index (κ3) is 3.35. The van der Waals surface area contributed by atoms with Crippen molar-refractivity contribution >= 4 is 0 Å². The highest BCUT2D eigenvalue weighted by Gasteiger charge is 2.27. The molecule has 0 spiro atoms. The molecule has 2 heterocycles. The van der Waals surface area contributed by atoms with E-state index in [4.69, 9.17) is 10.2 Å². The fourth-order valence-corrected chi connectivity index (χ4v) is 2.95. The summed E-state index contributed by atoms with van der Waals surface area (Å²) >= 11 is 0. The van der Waals surface area contributed by atoms with Gasteiger partial charge in [-0.3, -0.25) is 4.90 Å². The lowest BCUT2D eigenvalue weighted by atomic mass is 10.0. The van der Waals surface area contributed by atoms with E-state index in [2.05, 4.69) is 47.2 Å². The van der Waals surface area contributed by atoms with Crippen LogP contribution in [0.15, 0.2) is 46.9 Å². The van der Waals surface area contributed by atoms with Gasteiger partial charge in [-0.15, -0.1) is 0 Å². The van der Waals surface area contributed by atoms with Gasteiger partial charge in [-0.1, -0.05) is 30.3 Å². The molecule has 1 saturated heterocycles. The number of rotatable bonds is 4. The number of furan rings is 1. The maximum absolute atomic E-state index is 5.77. The number of nitrogens with zero attached hydrogens (tertiary/aromatic N) is 2. The normalized spacial score (nSPS) is 20.8. The van der Waals surface area contributed by atoms with Crippen molar-refractivity contribution in [2.75, 3.05) is 26.7 Å². The first-order valence-electron chi connectivity index (χ1n) is 7.51. The zero-order chi connectivity index (χ0) is 14.7. The molecular formula is C17H23N3O. The third-order valence-corrected chi connectivity index (χ3v) is 4.16. The van der Waals surface area contributed by atoms with Crippen LogP contribution in [0.5, 0.6) is 0 Å². The van der Waals surface area contributed by atoms with Crippen LogP contribution in [0.4, 0.5) is 0 Å². The summed E-state index contributed by atoms with van der Waals surface area (Å²) < 4.78 is 5.77. The van der Waals surface area contributed by atoms with Gasteiger partial charge in [-0.2, -0.15) is 0 Å². The molecule has 1 aromatic carbocycles. The molecule has 21 heavy (non-hydrogen) atoms. The molecule has 2 N–H and O–H groups in total. The molecule has 1 unspecified atom stereocenters. The number of likely N-dealkylation sites (N-methyl/N-ethyl adjacent to an activating group) is 1. The Morgan fingerprint density at radius 3 is 2.57 bits per heavy atom. The van der Waals surface area contributed by atoms with Crippen molar-refractivity contribution in [3.63, 3.8) is 0 Å². The minimum Gasteiger partial charge on any atom is -0.463 e. The number of hydrogen-bond donors (Lipinski definition) is 1. The zero-order valence-electron chi connectivity index (χ0n) is 12.5. The predicted molar refractivity (Wildman–Crippen MR) is 83.7 cm³/mol. The first-order valence-corrected chi connectivity index (χ1v) is 7.51. The van der Waals surface area contributed by atoms with Crippen LogP contribution in [0.2, 0.25) is 0 Å². The molecule has 1 atom stereocenters. The molecule has 4 nitrogen and oxygen atoms in total. The Hall–Kier alpha value is -1.62. The molecule has 112 valence electrons. The standard InChI is InChI=1S/C17H23N3O/c1-19-9-10-20(12-16-8-7-15(11-18)21-16)17(13-19)14-5-3-2-4-6-14/h2-8,17H,9-13,18H2,1H3. The van der Waals surface area contributed by atoms with Gasteiger partial charge in [0.2, 0.25) is 0 Å². The fraction of sp³-hybridized carbons (Fsp3) is 0.412. The molecule has 0 amide bonds. The Morgan fingerprint density at radius 2 is 1.86 bits per heavy atom. The van der Waals surface area contributed by atoms with Gasteiger partial charge in [0.1, 0.15) is 11.5 Å². The van der Waals surface area contributed by atoms with Crippen LogP contribution in [0.25, 0.3) is 0 Å². The van der Waals surface area contributed by atoms with Crippen molar-refractivity contribution in [1.29, 1.82) is 0 Å². The Balaban J connectivity index is 1.77. The Labute approximate surface area is 126 Å². The molecule has 1 fully saturated rings. The van der Waals surface area contributed by atoms with Crippen molar-refractivity contribution in [2.45, 2.75) is 19.1 Å². The van der Waals surface area contributed by atoms with Crippen LogP contribution in [-0.4, -0.2) is 36.5 Å². The largest absolute Gasteiger partial charge is 0.463 e.